The molecule has 0 aliphatic carbocycles. The Balaban J connectivity index is 2.69. The van der Waals surface area contributed by atoms with Crippen molar-refractivity contribution in [3.05, 3.63) is 35.9 Å². The van der Waals surface area contributed by atoms with E-state index in [1.54, 1.807) is 45.0 Å². The molecule has 1 aromatic carbocycles. The molecule has 0 aliphatic rings. The molecule has 0 saturated carbocycles. The molecule has 2 amide bonds. The number of aliphatic hydroxyl groups is 1. The summed E-state index contributed by atoms with van der Waals surface area (Å²) in [4.78, 5) is 47.3. The van der Waals surface area contributed by atoms with Gasteiger partial charge in [0, 0.05) is 6.42 Å². The number of hydrogen-bond donors (Lipinski definition) is 4. The molecule has 10 heteroatoms. The van der Waals surface area contributed by atoms with Crippen molar-refractivity contribution < 1.29 is 38.9 Å². The fourth-order valence-electron chi connectivity index (χ4n) is 2.26. The zero-order valence-electron chi connectivity index (χ0n) is 17.2. The van der Waals surface area contributed by atoms with E-state index in [1.165, 1.54) is 0 Å². The van der Waals surface area contributed by atoms with Crippen LogP contribution in [0.3, 0.4) is 0 Å². The van der Waals surface area contributed by atoms with Crippen LogP contribution in [0.25, 0.3) is 0 Å². The summed E-state index contributed by atoms with van der Waals surface area (Å²) < 4.78 is 10.4. The van der Waals surface area contributed by atoms with Gasteiger partial charge in [0.05, 0.1) is 6.61 Å². The maximum atomic E-state index is 12.4. The van der Waals surface area contributed by atoms with Gasteiger partial charge in [0.15, 0.2) is 0 Å². The van der Waals surface area contributed by atoms with Crippen molar-refractivity contribution in [2.45, 2.75) is 57.9 Å². The number of aliphatic carboxylic acids is 1. The van der Waals surface area contributed by atoms with Gasteiger partial charge < -0.3 is 30.3 Å². The summed E-state index contributed by atoms with van der Waals surface area (Å²) in [6.45, 7) is 4.18. The van der Waals surface area contributed by atoms with Crippen molar-refractivity contribution in [1.29, 1.82) is 0 Å². The second kappa shape index (κ2) is 11.8. The molecule has 0 spiro atoms. The van der Waals surface area contributed by atoms with Crippen LogP contribution in [0.4, 0.5) is 4.79 Å². The lowest BCUT2D eigenvalue weighted by atomic mass is 10.1. The average molecular weight is 424 g/mol. The van der Waals surface area contributed by atoms with Crippen molar-refractivity contribution in [3.8, 4) is 0 Å². The molecular formula is C20H28N2O8. The predicted octanol–water partition coefficient (Wildman–Crippen LogP) is 0.965. The van der Waals surface area contributed by atoms with E-state index in [2.05, 4.69) is 10.6 Å². The van der Waals surface area contributed by atoms with Crippen molar-refractivity contribution in [2.24, 2.45) is 0 Å². The first-order valence-electron chi connectivity index (χ1n) is 9.35. The maximum Gasteiger partial charge on any atom is 0.408 e. The number of alkyl carbamates (subject to hydrolysis) is 1. The van der Waals surface area contributed by atoms with Gasteiger partial charge in [0.25, 0.3) is 0 Å². The van der Waals surface area contributed by atoms with Crippen LogP contribution in [0.5, 0.6) is 0 Å². The Morgan fingerprint density at radius 2 is 1.67 bits per heavy atom. The smallest absolute Gasteiger partial charge is 0.408 e. The van der Waals surface area contributed by atoms with Crippen LogP contribution in [0, 0.1) is 0 Å². The van der Waals surface area contributed by atoms with Gasteiger partial charge in [-0.1, -0.05) is 30.3 Å². The molecule has 0 saturated heterocycles. The highest BCUT2D eigenvalue weighted by Crippen LogP contribution is 2.11. The van der Waals surface area contributed by atoms with Gasteiger partial charge in [-0.2, -0.15) is 0 Å². The molecule has 4 N–H and O–H groups in total. The van der Waals surface area contributed by atoms with Crippen LogP contribution >= 0.6 is 0 Å². The zero-order valence-corrected chi connectivity index (χ0v) is 17.2. The van der Waals surface area contributed by atoms with E-state index >= 15 is 0 Å². The number of aliphatic hydroxyl groups excluding tert-OH is 1. The van der Waals surface area contributed by atoms with Crippen molar-refractivity contribution in [1.82, 2.24) is 10.6 Å². The van der Waals surface area contributed by atoms with Crippen molar-refractivity contribution >= 4 is 23.9 Å². The van der Waals surface area contributed by atoms with Gasteiger partial charge in [-0.05, 0) is 32.8 Å². The molecular weight excluding hydrogens is 396 g/mol. The maximum absolute atomic E-state index is 12.4. The topological polar surface area (TPSA) is 151 Å². The number of hydrogen-bond acceptors (Lipinski definition) is 7. The molecule has 0 aromatic heterocycles. The highest BCUT2D eigenvalue weighted by molar-refractivity contribution is 5.85. The number of carboxylic acids is 1. The molecule has 0 heterocycles. The Morgan fingerprint density at radius 3 is 2.20 bits per heavy atom. The van der Waals surface area contributed by atoms with E-state index in [-0.39, 0.29) is 19.4 Å². The Hall–Kier alpha value is -3.14. The SMILES string of the molecule is CC(C)(C)OC(=O)[C@H](CCC(=O)N[C@@H](CO)C(=O)O)NC(=O)OCc1ccccc1. The third kappa shape index (κ3) is 9.87. The van der Waals surface area contributed by atoms with Gasteiger partial charge in [0.1, 0.15) is 24.3 Å². The first-order chi connectivity index (χ1) is 14.0. The Bertz CT molecular complexity index is 730. The summed E-state index contributed by atoms with van der Waals surface area (Å²) in [5.74, 6) is -2.86. The highest BCUT2D eigenvalue weighted by Gasteiger charge is 2.28. The lowest BCUT2D eigenvalue weighted by molar-refractivity contribution is -0.157. The van der Waals surface area contributed by atoms with Gasteiger partial charge >= 0.3 is 18.0 Å². The third-order valence-electron chi connectivity index (χ3n) is 3.67. The number of nitrogens with one attached hydrogen (secondary N) is 2. The molecule has 0 aliphatic heterocycles. The third-order valence-corrected chi connectivity index (χ3v) is 3.67. The normalized spacial score (nSPS) is 12.9. The number of benzene rings is 1. The standard InChI is InChI=1S/C20H28N2O8/c1-20(2,3)30-18(27)14(9-10-16(24)21-15(11-23)17(25)26)22-19(28)29-12-13-7-5-4-6-8-13/h4-8,14-15,23H,9-12H2,1-3H3,(H,21,24)(H,22,28)(H,25,26)/t14-,15-/m0/s1. The van der Waals surface area contributed by atoms with E-state index in [1.807, 2.05) is 6.07 Å². The summed E-state index contributed by atoms with van der Waals surface area (Å²) in [7, 11) is 0. The second-order valence-electron chi connectivity index (χ2n) is 7.47. The number of ether oxygens (including phenoxy) is 2. The van der Waals surface area contributed by atoms with Crippen LogP contribution in [0.2, 0.25) is 0 Å². The molecule has 2 atom stereocenters. The van der Waals surface area contributed by atoms with E-state index in [0.29, 0.717) is 0 Å². The van der Waals surface area contributed by atoms with Crippen molar-refractivity contribution in [2.75, 3.05) is 6.61 Å². The number of carbonyl (C=O) groups is 4. The number of carboxylic acid groups (broad SMARTS) is 1. The first-order valence-corrected chi connectivity index (χ1v) is 9.35. The minimum atomic E-state index is -1.46. The fourth-order valence-corrected chi connectivity index (χ4v) is 2.26. The number of rotatable bonds is 10. The number of esters is 1. The summed E-state index contributed by atoms with van der Waals surface area (Å²) in [5.41, 5.74) is -0.0667. The van der Waals surface area contributed by atoms with E-state index in [4.69, 9.17) is 19.7 Å². The van der Waals surface area contributed by atoms with Crippen LogP contribution in [-0.2, 0) is 30.5 Å². The molecule has 0 unspecified atom stereocenters. The molecule has 0 bridgehead atoms. The Morgan fingerprint density at radius 1 is 1.03 bits per heavy atom. The quantitative estimate of drug-likeness (QED) is 0.406. The molecule has 1 rings (SSSR count). The van der Waals surface area contributed by atoms with E-state index < -0.39 is 48.2 Å². The van der Waals surface area contributed by atoms with Gasteiger partial charge in [-0.15, -0.1) is 0 Å². The molecule has 30 heavy (non-hydrogen) atoms. The Labute approximate surface area is 174 Å². The summed E-state index contributed by atoms with van der Waals surface area (Å²) >= 11 is 0. The molecule has 0 fully saturated rings. The summed E-state index contributed by atoms with van der Waals surface area (Å²) in [6.07, 6.45) is -1.31. The van der Waals surface area contributed by atoms with Gasteiger partial charge in [-0.25, -0.2) is 14.4 Å². The summed E-state index contributed by atoms with van der Waals surface area (Å²) in [5, 5.41) is 22.3. The second-order valence-corrected chi connectivity index (χ2v) is 7.47. The largest absolute Gasteiger partial charge is 0.480 e. The molecule has 10 nitrogen and oxygen atoms in total. The number of amides is 2. The molecule has 166 valence electrons. The van der Waals surface area contributed by atoms with Crippen LogP contribution in [0.15, 0.2) is 30.3 Å². The van der Waals surface area contributed by atoms with Crippen LogP contribution < -0.4 is 10.6 Å². The van der Waals surface area contributed by atoms with Gasteiger partial charge in [-0.3, -0.25) is 4.79 Å². The lowest BCUT2D eigenvalue weighted by Gasteiger charge is -2.24. The minimum absolute atomic E-state index is 0.00894. The van der Waals surface area contributed by atoms with E-state index in [0.717, 1.165) is 5.56 Å². The molecule has 0 radical (unpaired) electrons. The molecule has 1 aromatic rings. The number of carbonyl (C=O) groups excluding carboxylic acids is 3. The fraction of sp³-hybridized carbons (Fsp3) is 0.500. The first kappa shape index (κ1) is 24.9. The minimum Gasteiger partial charge on any atom is -0.480 e. The lowest BCUT2D eigenvalue weighted by Crippen LogP contribution is -2.46. The zero-order chi connectivity index (χ0) is 22.7. The average Bonchev–Trinajstić information content (AvgIpc) is 2.66. The van der Waals surface area contributed by atoms with Crippen molar-refractivity contribution in [3.63, 3.8) is 0 Å². The van der Waals surface area contributed by atoms with Crippen LogP contribution in [0.1, 0.15) is 39.2 Å². The van der Waals surface area contributed by atoms with Gasteiger partial charge in [0.2, 0.25) is 5.91 Å². The van der Waals surface area contributed by atoms with Crippen LogP contribution in [-0.4, -0.2) is 58.4 Å². The summed E-state index contributed by atoms with van der Waals surface area (Å²) in [6, 6.07) is 6.28. The highest BCUT2D eigenvalue weighted by atomic mass is 16.6. The Kier molecular flexibility index (Phi) is 9.76. The van der Waals surface area contributed by atoms with E-state index in [9.17, 15) is 19.2 Å². The monoisotopic (exact) mass is 424 g/mol. The predicted molar refractivity (Wildman–Crippen MR) is 105 cm³/mol.